The molecular weight excluding hydrogens is 354 g/mol. The number of piperidine rings is 1. The zero-order chi connectivity index (χ0) is 20.3. The minimum atomic E-state index is -0.427. The first-order chi connectivity index (χ1) is 13.4. The Morgan fingerprint density at radius 2 is 1.86 bits per heavy atom. The lowest BCUT2D eigenvalue weighted by atomic mass is 10.0. The molecule has 150 valence electrons. The first-order valence-electron chi connectivity index (χ1n) is 9.72. The molecule has 1 amide bonds. The van der Waals surface area contributed by atoms with E-state index < -0.39 is 5.69 Å². The van der Waals surface area contributed by atoms with E-state index in [2.05, 4.69) is 34.1 Å². The third-order valence-corrected chi connectivity index (χ3v) is 5.72. The van der Waals surface area contributed by atoms with Crippen LogP contribution in [0.5, 0.6) is 0 Å². The van der Waals surface area contributed by atoms with E-state index in [1.54, 1.807) is 18.7 Å². The molecule has 0 aliphatic carbocycles. The number of anilines is 1. The van der Waals surface area contributed by atoms with Gasteiger partial charge in [0.25, 0.3) is 0 Å². The number of hydrogen-bond acceptors (Lipinski definition) is 5. The third-order valence-electron chi connectivity index (χ3n) is 5.72. The fraction of sp³-hybridized carbons (Fsp3) is 0.476. The summed E-state index contributed by atoms with van der Waals surface area (Å²) < 4.78 is 1.37. The highest BCUT2D eigenvalue weighted by Gasteiger charge is 2.26. The van der Waals surface area contributed by atoms with E-state index in [4.69, 9.17) is 5.73 Å². The van der Waals surface area contributed by atoms with Gasteiger partial charge in [0, 0.05) is 38.4 Å². The Balaban J connectivity index is 1.58. The molecule has 3 rings (SSSR count). The molecular formula is C21H29N5O2. The molecule has 0 spiro atoms. The van der Waals surface area contributed by atoms with Crippen molar-refractivity contribution in [1.82, 2.24) is 19.4 Å². The number of aryl methyl sites for hydroxylation is 1. The maximum absolute atomic E-state index is 12.8. The van der Waals surface area contributed by atoms with Crippen LogP contribution in [-0.2, 0) is 17.9 Å². The topological polar surface area (TPSA) is 84.5 Å². The predicted octanol–water partition coefficient (Wildman–Crippen LogP) is 1.57. The van der Waals surface area contributed by atoms with Gasteiger partial charge in [0.15, 0.2) is 0 Å². The molecule has 2 aromatic rings. The summed E-state index contributed by atoms with van der Waals surface area (Å²) in [4.78, 5) is 33.1. The van der Waals surface area contributed by atoms with Gasteiger partial charge in [-0.1, -0.05) is 30.3 Å². The smallest absolute Gasteiger partial charge is 0.348 e. The van der Waals surface area contributed by atoms with Crippen molar-refractivity contribution in [3.05, 3.63) is 57.8 Å². The number of nitrogens with zero attached hydrogens (tertiary/aromatic N) is 4. The van der Waals surface area contributed by atoms with E-state index in [-0.39, 0.29) is 18.5 Å². The molecule has 0 bridgehead atoms. The fourth-order valence-corrected chi connectivity index (χ4v) is 3.76. The summed E-state index contributed by atoms with van der Waals surface area (Å²) in [5.74, 6) is -0.0863. The second-order valence-corrected chi connectivity index (χ2v) is 7.56. The maximum atomic E-state index is 12.8. The quantitative estimate of drug-likeness (QED) is 0.847. The summed E-state index contributed by atoms with van der Waals surface area (Å²) >= 11 is 0. The normalized spacial score (nSPS) is 15.5. The lowest BCUT2D eigenvalue weighted by molar-refractivity contribution is -0.133. The summed E-state index contributed by atoms with van der Waals surface area (Å²) in [7, 11) is 1.82. The zero-order valence-electron chi connectivity index (χ0n) is 16.9. The van der Waals surface area contributed by atoms with Crippen LogP contribution in [-0.4, -0.2) is 51.4 Å². The average molecular weight is 383 g/mol. The van der Waals surface area contributed by atoms with Crippen LogP contribution in [0.25, 0.3) is 0 Å². The van der Waals surface area contributed by atoms with Gasteiger partial charge in [-0.2, -0.15) is 4.98 Å². The molecule has 0 radical (unpaired) electrons. The molecule has 28 heavy (non-hydrogen) atoms. The number of aromatic nitrogens is 2. The van der Waals surface area contributed by atoms with Crippen molar-refractivity contribution in [1.29, 1.82) is 0 Å². The van der Waals surface area contributed by atoms with Crippen LogP contribution in [0.3, 0.4) is 0 Å². The van der Waals surface area contributed by atoms with Crippen molar-refractivity contribution in [2.75, 3.05) is 25.9 Å². The number of rotatable bonds is 5. The lowest BCUT2D eigenvalue weighted by Gasteiger charge is -2.37. The minimum Gasteiger partial charge on any atom is -0.396 e. The summed E-state index contributed by atoms with van der Waals surface area (Å²) in [6, 6.07) is 10.6. The summed E-state index contributed by atoms with van der Waals surface area (Å²) in [6.45, 7) is 6.27. The van der Waals surface area contributed by atoms with Gasteiger partial charge in [-0.3, -0.25) is 14.3 Å². The molecule has 7 nitrogen and oxygen atoms in total. The highest BCUT2D eigenvalue weighted by atomic mass is 16.2. The molecule has 0 atom stereocenters. The molecule has 0 unspecified atom stereocenters. The van der Waals surface area contributed by atoms with E-state index in [1.807, 2.05) is 13.1 Å². The van der Waals surface area contributed by atoms with Gasteiger partial charge < -0.3 is 10.6 Å². The molecule has 1 saturated heterocycles. The van der Waals surface area contributed by atoms with Crippen molar-refractivity contribution in [3.63, 3.8) is 0 Å². The summed E-state index contributed by atoms with van der Waals surface area (Å²) in [6.07, 6.45) is 1.86. The van der Waals surface area contributed by atoms with E-state index in [0.29, 0.717) is 17.1 Å². The molecule has 7 heteroatoms. The highest BCUT2D eigenvalue weighted by molar-refractivity contribution is 5.76. The Morgan fingerprint density at radius 3 is 2.50 bits per heavy atom. The zero-order valence-corrected chi connectivity index (χ0v) is 16.9. The van der Waals surface area contributed by atoms with Crippen molar-refractivity contribution in [2.24, 2.45) is 0 Å². The first kappa shape index (κ1) is 20.1. The number of nitrogens with two attached hydrogens (primary N) is 1. The lowest BCUT2D eigenvalue weighted by Crippen LogP contribution is -2.47. The Kier molecular flexibility index (Phi) is 6.14. The number of benzene rings is 1. The Labute approximate surface area is 165 Å². The summed E-state index contributed by atoms with van der Waals surface area (Å²) in [5, 5.41) is 0. The first-order valence-corrected chi connectivity index (χ1v) is 9.72. The molecule has 0 saturated carbocycles. The summed E-state index contributed by atoms with van der Waals surface area (Å²) in [5.41, 5.74) is 8.42. The molecule has 1 aromatic heterocycles. The number of hydrogen-bond donors (Lipinski definition) is 1. The van der Waals surface area contributed by atoms with Gasteiger partial charge in [0.1, 0.15) is 6.54 Å². The van der Waals surface area contributed by atoms with Crippen LogP contribution < -0.4 is 11.4 Å². The van der Waals surface area contributed by atoms with E-state index >= 15 is 0 Å². The molecule has 1 aliphatic heterocycles. The Hall–Kier alpha value is -2.67. The Bertz CT molecular complexity index is 886. The van der Waals surface area contributed by atoms with Crippen LogP contribution >= 0.6 is 0 Å². The SMILES string of the molecule is Cc1nc(=O)n(CC(=O)N(C)C2CCN(Cc3ccccc3)CC2)c(C)c1N. The van der Waals surface area contributed by atoms with Crippen LogP contribution in [0.15, 0.2) is 35.1 Å². The van der Waals surface area contributed by atoms with Crippen molar-refractivity contribution in [2.45, 2.75) is 45.8 Å². The van der Waals surface area contributed by atoms with E-state index in [1.165, 1.54) is 10.1 Å². The minimum absolute atomic E-state index is 0.0249. The maximum Gasteiger partial charge on any atom is 0.348 e. The monoisotopic (exact) mass is 383 g/mol. The van der Waals surface area contributed by atoms with Crippen LogP contribution in [0.1, 0.15) is 29.8 Å². The van der Waals surface area contributed by atoms with Crippen LogP contribution in [0, 0.1) is 13.8 Å². The number of amides is 1. The van der Waals surface area contributed by atoms with Gasteiger partial charge in [0.05, 0.1) is 11.4 Å². The predicted molar refractivity (Wildman–Crippen MR) is 110 cm³/mol. The van der Waals surface area contributed by atoms with Crippen molar-refractivity contribution >= 4 is 11.6 Å². The molecule has 1 aromatic carbocycles. The highest BCUT2D eigenvalue weighted by Crippen LogP contribution is 2.18. The van der Waals surface area contributed by atoms with Crippen molar-refractivity contribution in [3.8, 4) is 0 Å². The molecule has 1 fully saturated rings. The van der Waals surface area contributed by atoms with Crippen molar-refractivity contribution < 1.29 is 4.79 Å². The standard InChI is InChI=1S/C21H29N5O2/c1-15-20(22)16(2)26(21(28)23-15)14-19(27)24(3)18-9-11-25(12-10-18)13-17-7-5-4-6-8-17/h4-8,18H,9-14,22H2,1-3H3. The molecule has 1 aliphatic rings. The average Bonchev–Trinajstić information content (AvgIpc) is 2.70. The number of carbonyl (C=O) groups is 1. The van der Waals surface area contributed by atoms with Gasteiger partial charge in [-0.25, -0.2) is 4.79 Å². The third kappa shape index (κ3) is 4.42. The molecule has 2 heterocycles. The number of nitrogen functional groups attached to an aromatic ring is 1. The van der Waals surface area contributed by atoms with Gasteiger partial charge >= 0.3 is 5.69 Å². The second-order valence-electron chi connectivity index (χ2n) is 7.56. The number of likely N-dealkylation sites (tertiary alicyclic amines) is 1. The largest absolute Gasteiger partial charge is 0.396 e. The Morgan fingerprint density at radius 1 is 1.21 bits per heavy atom. The van der Waals surface area contributed by atoms with E-state index in [9.17, 15) is 9.59 Å². The number of likely N-dealkylation sites (N-methyl/N-ethyl adjacent to an activating group) is 1. The van der Waals surface area contributed by atoms with Gasteiger partial charge in [-0.05, 0) is 32.3 Å². The van der Waals surface area contributed by atoms with E-state index in [0.717, 1.165) is 32.5 Å². The van der Waals surface area contributed by atoms with Crippen LogP contribution in [0.4, 0.5) is 5.69 Å². The van der Waals surface area contributed by atoms with Gasteiger partial charge in [-0.15, -0.1) is 0 Å². The van der Waals surface area contributed by atoms with Gasteiger partial charge in [0.2, 0.25) is 5.91 Å². The molecule has 2 N–H and O–H groups in total. The number of carbonyl (C=O) groups excluding carboxylic acids is 1. The van der Waals surface area contributed by atoms with Crippen LogP contribution in [0.2, 0.25) is 0 Å². The fourth-order valence-electron chi connectivity index (χ4n) is 3.76. The second kappa shape index (κ2) is 8.56.